The summed E-state index contributed by atoms with van der Waals surface area (Å²) in [5.41, 5.74) is 0.839. The second-order valence-electron chi connectivity index (χ2n) is 6.65. The van der Waals surface area contributed by atoms with Gasteiger partial charge in [0, 0.05) is 13.0 Å². The number of thiocarbonyl (C=S) groups is 1. The van der Waals surface area contributed by atoms with Crippen LogP contribution in [0.5, 0.6) is 11.5 Å². The van der Waals surface area contributed by atoms with Crippen LogP contribution in [-0.2, 0) is 9.59 Å². The van der Waals surface area contributed by atoms with Crippen LogP contribution in [0.4, 0.5) is 0 Å². The van der Waals surface area contributed by atoms with Crippen LogP contribution in [0.15, 0.2) is 23.1 Å². The van der Waals surface area contributed by atoms with Crippen molar-refractivity contribution in [2.45, 2.75) is 45.4 Å². The number of rotatable bonds is 12. The fourth-order valence-electron chi connectivity index (χ4n) is 2.79. The maximum atomic E-state index is 12.7. The second-order valence-corrected chi connectivity index (χ2v) is 8.33. The lowest BCUT2D eigenvalue weighted by atomic mass is 10.1. The van der Waals surface area contributed by atoms with Crippen LogP contribution in [0.3, 0.4) is 0 Å². The lowest BCUT2D eigenvalue weighted by Crippen LogP contribution is -2.29. The SMILES string of the molecule is CCCCOc1ccc(/C=C2\SC(=S)N(CCCCCC(=O)O)C2=O)cc1OC. The third-order valence-electron chi connectivity index (χ3n) is 4.39. The van der Waals surface area contributed by atoms with Crippen LogP contribution >= 0.6 is 24.0 Å². The van der Waals surface area contributed by atoms with Gasteiger partial charge in [-0.25, -0.2) is 0 Å². The first kappa shape index (κ1) is 23.2. The fraction of sp³-hybridized carbons (Fsp3) is 0.476. The van der Waals surface area contributed by atoms with E-state index in [0.29, 0.717) is 40.3 Å². The molecule has 1 aliphatic rings. The summed E-state index contributed by atoms with van der Waals surface area (Å²) in [5.74, 6) is 0.409. The van der Waals surface area contributed by atoms with Gasteiger partial charge in [0.05, 0.1) is 18.6 Å². The average molecular weight is 438 g/mol. The first-order valence-electron chi connectivity index (χ1n) is 9.74. The molecule has 0 saturated carbocycles. The van der Waals surface area contributed by atoms with Gasteiger partial charge in [0.25, 0.3) is 5.91 Å². The Morgan fingerprint density at radius 1 is 1.24 bits per heavy atom. The highest BCUT2D eigenvalue weighted by Crippen LogP contribution is 2.35. The normalized spacial score (nSPS) is 15.2. The Balaban J connectivity index is 2.00. The summed E-state index contributed by atoms with van der Waals surface area (Å²) in [4.78, 5) is 25.4. The van der Waals surface area contributed by atoms with Gasteiger partial charge < -0.3 is 14.6 Å². The van der Waals surface area contributed by atoms with E-state index in [2.05, 4.69) is 6.92 Å². The molecule has 1 aromatic carbocycles. The summed E-state index contributed by atoms with van der Waals surface area (Å²) in [7, 11) is 1.59. The quantitative estimate of drug-likeness (QED) is 0.288. The van der Waals surface area contributed by atoms with Gasteiger partial charge in [-0.3, -0.25) is 14.5 Å². The van der Waals surface area contributed by atoms with E-state index in [9.17, 15) is 9.59 Å². The van der Waals surface area contributed by atoms with E-state index in [-0.39, 0.29) is 12.3 Å². The summed E-state index contributed by atoms with van der Waals surface area (Å²) < 4.78 is 11.7. The number of hydrogen-bond acceptors (Lipinski definition) is 6. The number of ether oxygens (including phenoxy) is 2. The number of carbonyl (C=O) groups is 2. The number of nitrogens with zero attached hydrogens (tertiary/aromatic N) is 1. The number of carboxylic acid groups (broad SMARTS) is 1. The number of benzene rings is 1. The van der Waals surface area contributed by atoms with Gasteiger partial charge in [-0.1, -0.05) is 49.8 Å². The molecule has 1 aromatic rings. The minimum Gasteiger partial charge on any atom is -0.493 e. The predicted molar refractivity (Wildman–Crippen MR) is 119 cm³/mol. The number of hydrogen-bond donors (Lipinski definition) is 1. The average Bonchev–Trinajstić information content (AvgIpc) is 2.95. The smallest absolute Gasteiger partial charge is 0.303 e. The van der Waals surface area contributed by atoms with Crippen molar-refractivity contribution in [2.75, 3.05) is 20.3 Å². The van der Waals surface area contributed by atoms with Gasteiger partial charge in [-0.2, -0.15) is 0 Å². The van der Waals surface area contributed by atoms with E-state index >= 15 is 0 Å². The predicted octanol–water partition coefficient (Wildman–Crippen LogP) is 4.72. The number of carbonyl (C=O) groups excluding carboxylic acids is 1. The highest BCUT2D eigenvalue weighted by atomic mass is 32.2. The Bertz CT molecular complexity index is 778. The largest absolute Gasteiger partial charge is 0.493 e. The number of aliphatic carboxylic acids is 1. The molecule has 29 heavy (non-hydrogen) atoms. The van der Waals surface area contributed by atoms with Crippen LogP contribution < -0.4 is 9.47 Å². The summed E-state index contributed by atoms with van der Waals surface area (Å²) in [5, 5.41) is 8.68. The van der Waals surface area contributed by atoms with Crippen LogP contribution in [0.25, 0.3) is 6.08 Å². The van der Waals surface area contributed by atoms with Crippen molar-refractivity contribution in [3.05, 3.63) is 28.7 Å². The van der Waals surface area contributed by atoms with Crippen molar-refractivity contribution < 1.29 is 24.2 Å². The summed E-state index contributed by atoms with van der Waals surface area (Å²) in [6.45, 7) is 3.25. The van der Waals surface area contributed by atoms with Crippen LogP contribution in [-0.4, -0.2) is 46.5 Å². The minimum atomic E-state index is -0.796. The van der Waals surface area contributed by atoms with Gasteiger partial charge in [0.2, 0.25) is 0 Å². The Morgan fingerprint density at radius 2 is 2.03 bits per heavy atom. The summed E-state index contributed by atoms with van der Waals surface area (Å²) >= 11 is 6.63. The zero-order valence-corrected chi connectivity index (χ0v) is 18.4. The van der Waals surface area contributed by atoms with Crippen molar-refractivity contribution in [1.82, 2.24) is 4.90 Å². The van der Waals surface area contributed by atoms with Crippen LogP contribution in [0.1, 0.15) is 51.0 Å². The third kappa shape index (κ3) is 7.04. The monoisotopic (exact) mass is 437 g/mol. The Labute approximate surface area is 181 Å². The fourth-order valence-corrected chi connectivity index (χ4v) is 4.10. The molecule has 8 heteroatoms. The van der Waals surface area contributed by atoms with Gasteiger partial charge >= 0.3 is 5.97 Å². The van der Waals surface area contributed by atoms with E-state index in [1.54, 1.807) is 12.0 Å². The van der Waals surface area contributed by atoms with Gasteiger partial charge in [-0.05, 0) is 43.0 Å². The van der Waals surface area contributed by atoms with Crippen LogP contribution in [0, 0.1) is 0 Å². The maximum absolute atomic E-state index is 12.7. The Hall–Kier alpha value is -2.06. The Kier molecular flexibility index (Phi) is 9.47. The number of methoxy groups -OCH3 is 1. The zero-order chi connectivity index (χ0) is 21.2. The molecule has 0 spiro atoms. The lowest BCUT2D eigenvalue weighted by Gasteiger charge is -2.13. The minimum absolute atomic E-state index is 0.111. The molecule has 0 atom stereocenters. The highest BCUT2D eigenvalue weighted by molar-refractivity contribution is 8.26. The molecule has 0 aromatic heterocycles. The van der Waals surface area contributed by atoms with Crippen molar-refractivity contribution in [3.63, 3.8) is 0 Å². The maximum Gasteiger partial charge on any atom is 0.303 e. The molecule has 6 nitrogen and oxygen atoms in total. The van der Waals surface area contributed by atoms with Crippen molar-refractivity contribution in [3.8, 4) is 11.5 Å². The first-order valence-corrected chi connectivity index (χ1v) is 11.0. The standard InChI is InChI=1S/C21H27NO5S2/c1-3-4-12-27-16-10-9-15(13-17(16)26-2)14-18-20(25)22(21(28)29-18)11-7-5-6-8-19(23)24/h9-10,13-14H,3-8,11-12H2,1-2H3,(H,23,24)/b18-14-. The third-order valence-corrected chi connectivity index (χ3v) is 5.76. The molecule has 158 valence electrons. The number of unbranched alkanes of at least 4 members (excludes halogenated alkanes) is 3. The number of carboxylic acids is 1. The topological polar surface area (TPSA) is 76.1 Å². The molecule has 1 fully saturated rings. The number of thioether (sulfide) groups is 1. The van der Waals surface area contributed by atoms with E-state index in [4.69, 9.17) is 26.8 Å². The van der Waals surface area contributed by atoms with Gasteiger partial charge in [0.1, 0.15) is 4.32 Å². The van der Waals surface area contributed by atoms with Crippen molar-refractivity contribution >= 4 is 46.3 Å². The molecule has 1 amide bonds. The zero-order valence-electron chi connectivity index (χ0n) is 16.8. The van der Waals surface area contributed by atoms with E-state index in [1.807, 2.05) is 24.3 Å². The van der Waals surface area contributed by atoms with E-state index in [1.165, 1.54) is 11.8 Å². The highest BCUT2D eigenvalue weighted by Gasteiger charge is 2.31. The molecular formula is C21H27NO5S2. The molecule has 0 aliphatic carbocycles. The van der Waals surface area contributed by atoms with Crippen LogP contribution in [0.2, 0.25) is 0 Å². The molecule has 0 radical (unpaired) electrons. The van der Waals surface area contributed by atoms with Gasteiger partial charge in [-0.15, -0.1) is 0 Å². The Morgan fingerprint density at radius 3 is 2.72 bits per heavy atom. The van der Waals surface area contributed by atoms with E-state index in [0.717, 1.165) is 31.2 Å². The van der Waals surface area contributed by atoms with Gasteiger partial charge in [0.15, 0.2) is 11.5 Å². The summed E-state index contributed by atoms with van der Waals surface area (Å²) in [6, 6.07) is 5.59. The molecule has 1 saturated heterocycles. The molecule has 1 aliphatic heterocycles. The van der Waals surface area contributed by atoms with Crippen molar-refractivity contribution in [1.29, 1.82) is 0 Å². The summed E-state index contributed by atoms with van der Waals surface area (Å²) in [6.07, 6.45) is 6.07. The molecule has 1 N–H and O–H groups in total. The molecule has 1 heterocycles. The molecule has 0 unspecified atom stereocenters. The lowest BCUT2D eigenvalue weighted by molar-refractivity contribution is -0.137. The number of amides is 1. The molecular weight excluding hydrogens is 410 g/mol. The molecule has 0 bridgehead atoms. The molecule has 2 rings (SSSR count). The van der Waals surface area contributed by atoms with Crippen molar-refractivity contribution in [2.24, 2.45) is 0 Å². The van der Waals surface area contributed by atoms with E-state index < -0.39 is 5.97 Å². The second kappa shape index (κ2) is 11.8. The first-order chi connectivity index (χ1) is 14.0.